The van der Waals surface area contributed by atoms with Crippen molar-refractivity contribution in [3.8, 4) is 5.75 Å². The number of rotatable bonds is 5. The number of para-hydroxylation sites is 1. The normalized spacial score (nSPS) is 13.2. The number of alkyl halides is 3. The third kappa shape index (κ3) is 3.98. The molecule has 0 bridgehead atoms. The molecule has 1 unspecified atom stereocenters. The first-order valence-corrected chi connectivity index (χ1v) is 6.84. The van der Waals surface area contributed by atoms with Gasteiger partial charge < -0.3 is 9.84 Å². The Labute approximate surface area is 118 Å². The fourth-order valence-electron chi connectivity index (χ4n) is 1.73. The third-order valence-electron chi connectivity index (χ3n) is 2.64. The lowest BCUT2D eigenvalue weighted by molar-refractivity contribution is -0.139. The van der Waals surface area contributed by atoms with E-state index in [0.29, 0.717) is 6.42 Å². The Bertz CT molecular complexity index is 538. The van der Waals surface area contributed by atoms with Gasteiger partial charge in [-0.2, -0.15) is 13.2 Å². The van der Waals surface area contributed by atoms with Crippen LogP contribution in [0.15, 0.2) is 41.8 Å². The topological polar surface area (TPSA) is 29.5 Å². The van der Waals surface area contributed by atoms with Gasteiger partial charge >= 0.3 is 6.18 Å². The van der Waals surface area contributed by atoms with Gasteiger partial charge in [-0.3, -0.25) is 0 Å². The van der Waals surface area contributed by atoms with Crippen molar-refractivity contribution in [3.63, 3.8) is 0 Å². The fourth-order valence-corrected chi connectivity index (χ4v) is 2.51. The Hall–Kier alpha value is -1.53. The van der Waals surface area contributed by atoms with Crippen molar-refractivity contribution in [1.82, 2.24) is 0 Å². The van der Waals surface area contributed by atoms with Crippen LogP contribution in [0, 0.1) is 0 Å². The molecule has 0 amide bonds. The van der Waals surface area contributed by atoms with Crippen LogP contribution in [-0.4, -0.2) is 17.8 Å². The molecular weight excluding hydrogens is 289 g/mol. The quantitative estimate of drug-likeness (QED) is 0.911. The molecule has 20 heavy (non-hydrogen) atoms. The van der Waals surface area contributed by atoms with E-state index in [1.165, 1.54) is 29.5 Å². The molecular formula is C14H13F3O2S. The Morgan fingerprint density at radius 1 is 1.15 bits per heavy atom. The van der Waals surface area contributed by atoms with Crippen molar-refractivity contribution in [2.24, 2.45) is 0 Å². The van der Waals surface area contributed by atoms with Gasteiger partial charge in [0.2, 0.25) is 0 Å². The molecule has 1 aromatic heterocycles. The molecule has 0 spiro atoms. The van der Waals surface area contributed by atoms with Gasteiger partial charge in [0.15, 0.2) is 0 Å². The van der Waals surface area contributed by atoms with Crippen molar-refractivity contribution in [2.75, 3.05) is 6.61 Å². The van der Waals surface area contributed by atoms with Crippen LogP contribution in [0.4, 0.5) is 13.2 Å². The number of aliphatic hydroxyl groups is 1. The Morgan fingerprint density at radius 2 is 1.90 bits per heavy atom. The Kier molecular flexibility index (Phi) is 4.67. The van der Waals surface area contributed by atoms with E-state index in [1.54, 1.807) is 0 Å². The molecule has 2 rings (SSSR count). The maximum Gasteiger partial charge on any atom is 0.419 e. The predicted octanol–water partition coefficient (Wildman–Crippen LogP) is 3.75. The van der Waals surface area contributed by atoms with Crippen LogP contribution < -0.4 is 4.74 Å². The van der Waals surface area contributed by atoms with Crippen molar-refractivity contribution >= 4 is 11.3 Å². The molecule has 1 heterocycles. The molecule has 2 nitrogen and oxygen atoms in total. The molecule has 1 atom stereocenters. The molecule has 0 saturated carbocycles. The first-order valence-electron chi connectivity index (χ1n) is 5.96. The van der Waals surface area contributed by atoms with E-state index in [9.17, 15) is 18.3 Å². The van der Waals surface area contributed by atoms with Gasteiger partial charge in [0, 0.05) is 11.3 Å². The molecule has 0 fully saturated rings. The summed E-state index contributed by atoms with van der Waals surface area (Å²) in [4.78, 5) is 0.963. The summed E-state index contributed by atoms with van der Waals surface area (Å²) in [5.41, 5.74) is -0.830. The first-order chi connectivity index (χ1) is 9.47. The number of aliphatic hydroxyl groups excluding tert-OH is 1. The van der Waals surface area contributed by atoms with Crippen molar-refractivity contribution in [3.05, 3.63) is 52.2 Å². The van der Waals surface area contributed by atoms with E-state index in [0.717, 1.165) is 10.9 Å². The average molecular weight is 302 g/mol. The Balaban J connectivity index is 1.97. The van der Waals surface area contributed by atoms with Crippen LogP contribution in [0.3, 0.4) is 0 Å². The second kappa shape index (κ2) is 6.28. The summed E-state index contributed by atoms with van der Waals surface area (Å²) in [7, 11) is 0. The fraction of sp³-hybridized carbons (Fsp3) is 0.286. The minimum Gasteiger partial charge on any atom is -0.490 e. The van der Waals surface area contributed by atoms with Crippen LogP contribution >= 0.6 is 11.3 Å². The summed E-state index contributed by atoms with van der Waals surface area (Å²) in [6.07, 6.45) is -4.93. The van der Waals surface area contributed by atoms with Gasteiger partial charge in [0.25, 0.3) is 0 Å². The number of thiophene rings is 1. The van der Waals surface area contributed by atoms with Gasteiger partial charge in [-0.15, -0.1) is 11.3 Å². The van der Waals surface area contributed by atoms with E-state index in [-0.39, 0.29) is 12.4 Å². The molecule has 0 radical (unpaired) electrons. The molecule has 6 heteroatoms. The van der Waals surface area contributed by atoms with Crippen molar-refractivity contribution < 1.29 is 23.0 Å². The van der Waals surface area contributed by atoms with Gasteiger partial charge in [-0.1, -0.05) is 18.2 Å². The highest BCUT2D eigenvalue weighted by molar-refractivity contribution is 7.09. The van der Waals surface area contributed by atoms with Crippen LogP contribution in [-0.2, 0) is 12.6 Å². The number of hydrogen-bond donors (Lipinski definition) is 1. The van der Waals surface area contributed by atoms with E-state index < -0.39 is 17.8 Å². The van der Waals surface area contributed by atoms with E-state index in [4.69, 9.17) is 4.74 Å². The summed E-state index contributed by atoms with van der Waals surface area (Å²) in [6, 6.07) is 8.69. The highest BCUT2D eigenvalue weighted by Gasteiger charge is 2.34. The lowest BCUT2D eigenvalue weighted by atomic mass is 10.2. The largest absolute Gasteiger partial charge is 0.490 e. The number of halogens is 3. The standard InChI is InChI=1S/C14H13F3O2S/c15-14(16,17)12-5-1-2-6-13(12)19-9-10(18)8-11-4-3-7-20-11/h1-7,10,18H,8-9H2. The maximum absolute atomic E-state index is 12.7. The smallest absolute Gasteiger partial charge is 0.419 e. The van der Waals surface area contributed by atoms with Gasteiger partial charge in [-0.25, -0.2) is 0 Å². The average Bonchev–Trinajstić information content (AvgIpc) is 2.88. The summed E-state index contributed by atoms with van der Waals surface area (Å²) in [5.74, 6) is -0.259. The molecule has 2 aromatic rings. The highest BCUT2D eigenvalue weighted by atomic mass is 32.1. The minimum absolute atomic E-state index is 0.176. The van der Waals surface area contributed by atoms with E-state index in [2.05, 4.69) is 0 Å². The molecule has 0 aliphatic carbocycles. The highest BCUT2D eigenvalue weighted by Crippen LogP contribution is 2.35. The zero-order valence-electron chi connectivity index (χ0n) is 10.4. The molecule has 0 aliphatic rings. The van der Waals surface area contributed by atoms with Crippen molar-refractivity contribution in [1.29, 1.82) is 0 Å². The van der Waals surface area contributed by atoms with E-state index >= 15 is 0 Å². The van der Waals surface area contributed by atoms with Gasteiger partial charge in [-0.05, 0) is 23.6 Å². The lowest BCUT2D eigenvalue weighted by Crippen LogP contribution is -2.21. The first kappa shape index (κ1) is 14.9. The third-order valence-corrected chi connectivity index (χ3v) is 3.54. The summed E-state index contributed by atoms with van der Waals surface area (Å²) in [5, 5.41) is 11.7. The van der Waals surface area contributed by atoms with E-state index in [1.807, 2.05) is 17.5 Å². The SMILES string of the molecule is OC(COc1ccccc1C(F)(F)F)Cc1cccs1. The lowest BCUT2D eigenvalue weighted by Gasteiger charge is -2.16. The summed E-state index contributed by atoms with van der Waals surface area (Å²) in [6.45, 7) is -0.176. The number of hydrogen-bond acceptors (Lipinski definition) is 3. The zero-order chi connectivity index (χ0) is 14.6. The van der Waals surface area contributed by atoms with Gasteiger partial charge in [0.05, 0.1) is 11.7 Å². The van der Waals surface area contributed by atoms with Crippen molar-refractivity contribution in [2.45, 2.75) is 18.7 Å². The maximum atomic E-state index is 12.7. The van der Waals surface area contributed by atoms with Gasteiger partial charge in [0.1, 0.15) is 12.4 Å². The Morgan fingerprint density at radius 3 is 2.55 bits per heavy atom. The van der Waals surface area contributed by atoms with Crippen LogP contribution in [0.2, 0.25) is 0 Å². The second-order valence-electron chi connectivity index (χ2n) is 4.24. The summed E-state index contributed by atoms with van der Waals surface area (Å²) < 4.78 is 43.3. The minimum atomic E-state index is -4.46. The van der Waals surface area contributed by atoms with Crippen LogP contribution in [0.25, 0.3) is 0 Å². The van der Waals surface area contributed by atoms with Crippen LogP contribution in [0.1, 0.15) is 10.4 Å². The molecule has 0 saturated heterocycles. The van der Waals surface area contributed by atoms with Crippen LogP contribution in [0.5, 0.6) is 5.75 Å². The predicted molar refractivity (Wildman–Crippen MR) is 71.0 cm³/mol. The molecule has 1 N–H and O–H groups in total. The molecule has 108 valence electrons. The summed E-state index contributed by atoms with van der Waals surface area (Å²) >= 11 is 1.48. The second-order valence-corrected chi connectivity index (χ2v) is 5.27. The molecule has 0 aliphatic heterocycles. The monoisotopic (exact) mass is 302 g/mol. The molecule has 1 aromatic carbocycles. The number of ether oxygens (including phenoxy) is 1. The number of benzene rings is 1. The zero-order valence-corrected chi connectivity index (χ0v) is 11.2.